The van der Waals surface area contributed by atoms with E-state index in [1.165, 1.54) is 31.2 Å². The fourth-order valence-corrected chi connectivity index (χ4v) is 6.89. The number of thioether (sulfide) groups is 1. The number of hydroxylamine groups is 1. The summed E-state index contributed by atoms with van der Waals surface area (Å²) in [5, 5.41) is 14.4. The Morgan fingerprint density at radius 3 is 2.62 bits per heavy atom. The van der Waals surface area contributed by atoms with Gasteiger partial charge < -0.3 is 0 Å². The first-order valence-corrected chi connectivity index (χ1v) is 13.4. The predicted molar refractivity (Wildman–Crippen MR) is 126 cm³/mol. The van der Waals surface area contributed by atoms with Crippen LogP contribution in [0, 0.1) is 17.2 Å². The Labute approximate surface area is 196 Å². The van der Waals surface area contributed by atoms with E-state index in [1.54, 1.807) is 0 Å². The third-order valence-corrected chi connectivity index (χ3v) is 8.74. The number of hydrazine groups is 1. The fourth-order valence-electron chi connectivity index (χ4n) is 5.73. The van der Waals surface area contributed by atoms with Crippen molar-refractivity contribution in [2.45, 2.75) is 76.3 Å². The van der Waals surface area contributed by atoms with Crippen LogP contribution in [-0.4, -0.2) is 80.6 Å². The molecule has 7 nitrogen and oxygen atoms in total. The summed E-state index contributed by atoms with van der Waals surface area (Å²) in [6.45, 7) is 6.30. The molecule has 32 heavy (non-hydrogen) atoms. The van der Waals surface area contributed by atoms with Gasteiger partial charge in [-0.2, -0.15) is 5.26 Å². The Morgan fingerprint density at radius 2 is 1.97 bits per heavy atom. The lowest BCUT2D eigenvalue weighted by molar-refractivity contribution is -0.434. The van der Waals surface area contributed by atoms with Gasteiger partial charge >= 0.3 is 0 Å². The van der Waals surface area contributed by atoms with Crippen LogP contribution in [0.5, 0.6) is 0 Å². The summed E-state index contributed by atoms with van der Waals surface area (Å²) in [6, 6.07) is 7.78. The number of nitriles is 1. The highest BCUT2D eigenvalue weighted by Crippen LogP contribution is 2.37. The van der Waals surface area contributed by atoms with Crippen LogP contribution in [0.1, 0.15) is 51.0 Å². The second-order valence-electron chi connectivity index (χ2n) is 9.90. The van der Waals surface area contributed by atoms with E-state index < -0.39 is 0 Å². The maximum atomic E-state index is 9.62. The molecule has 2 unspecified atom stereocenters. The average Bonchev–Trinajstić information content (AvgIpc) is 3.27. The van der Waals surface area contributed by atoms with E-state index in [9.17, 15) is 5.26 Å². The highest BCUT2D eigenvalue weighted by molar-refractivity contribution is 7.99. The van der Waals surface area contributed by atoms with Crippen LogP contribution < -0.4 is 0 Å². The minimum absolute atomic E-state index is 0.00552. The Morgan fingerprint density at radius 1 is 1.19 bits per heavy atom. The van der Waals surface area contributed by atoms with Crippen LogP contribution in [0.3, 0.4) is 0 Å². The van der Waals surface area contributed by atoms with Crippen molar-refractivity contribution in [3.05, 3.63) is 30.1 Å². The van der Waals surface area contributed by atoms with Gasteiger partial charge in [0.25, 0.3) is 0 Å². The summed E-state index contributed by atoms with van der Waals surface area (Å²) in [5.41, 5.74) is 1.30. The van der Waals surface area contributed by atoms with Crippen LogP contribution in [0.15, 0.2) is 24.5 Å². The van der Waals surface area contributed by atoms with E-state index >= 15 is 0 Å². The third-order valence-electron chi connectivity index (χ3n) is 7.71. The van der Waals surface area contributed by atoms with E-state index in [4.69, 9.17) is 4.84 Å². The lowest BCUT2D eigenvalue weighted by Gasteiger charge is -2.56. The number of pyridine rings is 1. The monoisotopic (exact) mass is 456 g/mol. The lowest BCUT2D eigenvalue weighted by Crippen LogP contribution is -2.70. The molecule has 8 heteroatoms. The fraction of sp³-hybridized carbons (Fsp3) is 0.750. The molecule has 3 saturated heterocycles. The molecular weight excluding hydrogens is 420 g/mol. The summed E-state index contributed by atoms with van der Waals surface area (Å²) in [6.07, 6.45) is 11.5. The molecule has 4 heterocycles. The van der Waals surface area contributed by atoms with E-state index in [1.807, 2.05) is 30.2 Å². The van der Waals surface area contributed by atoms with Crippen molar-refractivity contribution in [2.24, 2.45) is 5.92 Å². The number of hydrogen-bond acceptors (Lipinski definition) is 8. The van der Waals surface area contributed by atoms with Gasteiger partial charge in [-0.1, -0.05) is 13.0 Å². The van der Waals surface area contributed by atoms with Crippen molar-refractivity contribution < 1.29 is 4.84 Å². The van der Waals surface area contributed by atoms with Crippen molar-refractivity contribution in [1.29, 1.82) is 5.26 Å². The SMILES string of the molecule is CC1CCC(N(C2CCN(Cc3cccnc3)CC2)N2OCC2N2CSCC2C#N)CC1. The maximum Gasteiger partial charge on any atom is 0.131 e. The first kappa shape index (κ1) is 22.6. The molecule has 5 rings (SSSR count). The Bertz CT molecular complexity index is 774. The zero-order chi connectivity index (χ0) is 21.9. The molecule has 0 bridgehead atoms. The Kier molecular flexibility index (Phi) is 7.32. The van der Waals surface area contributed by atoms with Crippen LogP contribution in [0.4, 0.5) is 0 Å². The predicted octanol–water partition coefficient (Wildman–Crippen LogP) is 3.31. The summed E-state index contributed by atoms with van der Waals surface area (Å²) < 4.78 is 0. The highest BCUT2D eigenvalue weighted by atomic mass is 32.2. The van der Waals surface area contributed by atoms with Crippen LogP contribution in [0.25, 0.3) is 0 Å². The zero-order valence-corrected chi connectivity index (χ0v) is 20.0. The Balaban J connectivity index is 1.26. The first-order chi connectivity index (χ1) is 15.7. The smallest absolute Gasteiger partial charge is 0.131 e. The first-order valence-electron chi connectivity index (χ1n) is 12.3. The van der Waals surface area contributed by atoms with Gasteiger partial charge in [-0.25, -0.2) is 5.01 Å². The van der Waals surface area contributed by atoms with Gasteiger partial charge in [0.1, 0.15) is 18.8 Å². The molecule has 0 N–H and O–H groups in total. The molecule has 2 atom stereocenters. The molecule has 0 radical (unpaired) electrons. The molecule has 0 amide bonds. The molecule has 1 aromatic rings. The topological polar surface area (TPSA) is 58.9 Å². The van der Waals surface area contributed by atoms with Crippen molar-refractivity contribution in [3.63, 3.8) is 0 Å². The van der Waals surface area contributed by atoms with Gasteiger partial charge in [0.2, 0.25) is 0 Å². The minimum Gasteiger partial charge on any atom is -0.299 e. The largest absolute Gasteiger partial charge is 0.299 e. The van der Waals surface area contributed by atoms with Gasteiger partial charge in [0.15, 0.2) is 0 Å². The van der Waals surface area contributed by atoms with Gasteiger partial charge in [0, 0.05) is 55.7 Å². The van der Waals surface area contributed by atoms with Gasteiger partial charge in [-0.15, -0.1) is 16.9 Å². The van der Waals surface area contributed by atoms with Crippen molar-refractivity contribution in [2.75, 3.05) is 31.3 Å². The molecular formula is C24H36N6OS. The molecule has 3 aliphatic heterocycles. The molecule has 1 aromatic heterocycles. The molecule has 1 aliphatic carbocycles. The van der Waals surface area contributed by atoms with Crippen molar-refractivity contribution >= 4 is 11.8 Å². The summed E-state index contributed by atoms with van der Waals surface area (Å²) in [7, 11) is 0. The Hall–Kier alpha value is -1.21. The minimum atomic E-state index is 0.00552. The normalized spacial score (nSPS) is 33.3. The van der Waals surface area contributed by atoms with Crippen LogP contribution >= 0.6 is 11.8 Å². The standard InChI is InChI=1S/C24H36N6OS/c1-19-4-6-21(7-5-19)29(30-24(16-31-30)28-18-32-17-23(28)13-25)22-8-11-27(12-9-22)15-20-3-2-10-26-14-20/h2-3,10,14,19,21-24H,4-9,11-12,15-18H2,1H3. The lowest BCUT2D eigenvalue weighted by atomic mass is 9.86. The summed E-state index contributed by atoms with van der Waals surface area (Å²) in [4.78, 5) is 15.3. The number of hydrogen-bond donors (Lipinski definition) is 0. The number of piperidine rings is 1. The number of nitrogens with zero attached hydrogens (tertiary/aromatic N) is 6. The molecule has 174 valence electrons. The second kappa shape index (κ2) is 10.4. The maximum absolute atomic E-state index is 9.62. The van der Waals surface area contributed by atoms with Gasteiger partial charge in [0.05, 0.1) is 6.07 Å². The molecule has 1 saturated carbocycles. The average molecular weight is 457 g/mol. The van der Waals surface area contributed by atoms with Crippen molar-refractivity contribution in [1.82, 2.24) is 25.0 Å². The highest BCUT2D eigenvalue weighted by Gasteiger charge is 2.48. The quantitative estimate of drug-likeness (QED) is 0.646. The van der Waals surface area contributed by atoms with E-state index in [0.717, 1.165) is 50.0 Å². The molecule has 0 spiro atoms. The number of likely N-dealkylation sites (tertiary alicyclic amines) is 1. The van der Waals surface area contributed by atoms with Crippen molar-refractivity contribution in [3.8, 4) is 6.07 Å². The second-order valence-corrected chi connectivity index (χ2v) is 10.9. The van der Waals surface area contributed by atoms with E-state index in [2.05, 4.69) is 44.0 Å². The zero-order valence-electron chi connectivity index (χ0n) is 19.2. The third kappa shape index (κ3) is 4.84. The molecule has 4 fully saturated rings. The molecule has 0 aromatic carbocycles. The summed E-state index contributed by atoms with van der Waals surface area (Å²) >= 11 is 1.87. The molecule has 4 aliphatic rings. The van der Waals surface area contributed by atoms with Crippen LogP contribution in [0.2, 0.25) is 0 Å². The van der Waals surface area contributed by atoms with Gasteiger partial charge in [-0.3, -0.25) is 19.6 Å². The number of aromatic nitrogens is 1. The summed E-state index contributed by atoms with van der Waals surface area (Å²) in [5.74, 6) is 2.68. The van der Waals surface area contributed by atoms with E-state index in [0.29, 0.717) is 18.7 Å². The van der Waals surface area contributed by atoms with Crippen LogP contribution in [-0.2, 0) is 11.4 Å². The van der Waals surface area contributed by atoms with Gasteiger partial charge in [-0.05, 0) is 56.1 Å². The number of rotatable bonds is 6. The van der Waals surface area contributed by atoms with E-state index in [-0.39, 0.29) is 12.2 Å².